The second-order valence-corrected chi connectivity index (χ2v) is 5.34. The van der Waals surface area contributed by atoms with Gasteiger partial charge in [0.15, 0.2) is 0 Å². The lowest BCUT2D eigenvalue weighted by atomic mass is 9.86. The van der Waals surface area contributed by atoms with Crippen molar-refractivity contribution in [2.45, 2.75) is 40.0 Å². The molecule has 0 fully saturated rings. The molecule has 3 heteroatoms. The predicted octanol–water partition coefficient (Wildman–Crippen LogP) is 3.65. The zero-order chi connectivity index (χ0) is 14.5. The van der Waals surface area contributed by atoms with E-state index in [1.54, 1.807) is 0 Å². The van der Waals surface area contributed by atoms with Crippen molar-refractivity contribution >= 4 is 5.97 Å². The second kappa shape index (κ2) is 6.24. The van der Waals surface area contributed by atoms with Crippen LogP contribution in [0.4, 0.5) is 0 Å². The third kappa shape index (κ3) is 5.53. The number of benzene rings is 1. The number of phenolic OH excluding ortho intramolecular Hbond substituents is 1. The van der Waals surface area contributed by atoms with E-state index in [2.05, 4.69) is 33.4 Å². The third-order valence-corrected chi connectivity index (χ3v) is 2.44. The van der Waals surface area contributed by atoms with Crippen LogP contribution in [0.15, 0.2) is 30.4 Å². The first-order valence-corrected chi connectivity index (χ1v) is 5.74. The van der Waals surface area contributed by atoms with Crippen molar-refractivity contribution in [1.82, 2.24) is 0 Å². The van der Waals surface area contributed by atoms with E-state index in [1.807, 2.05) is 19.1 Å². The number of hydrogen-bond acceptors (Lipinski definition) is 2. The Hall–Kier alpha value is -1.77. The average molecular weight is 250 g/mol. The predicted molar refractivity (Wildman–Crippen MR) is 74.0 cm³/mol. The fraction of sp³-hybridized carbons (Fsp3) is 0.400. The van der Waals surface area contributed by atoms with Crippen LogP contribution in [0, 0.1) is 6.92 Å². The Morgan fingerprint density at radius 1 is 1.28 bits per heavy atom. The molecule has 0 heterocycles. The van der Waals surface area contributed by atoms with Gasteiger partial charge in [0.2, 0.25) is 0 Å². The number of carbonyl (C=O) groups is 1. The Balaban J connectivity index is 0.000000411. The molecule has 0 aliphatic carbocycles. The Kier molecular flexibility index (Phi) is 5.63. The van der Waals surface area contributed by atoms with Crippen LogP contribution in [0.1, 0.15) is 38.8 Å². The van der Waals surface area contributed by atoms with Crippen LogP contribution in [0.3, 0.4) is 0 Å². The first kappa shape index (κ1) is 16.2. The van der Waals surface area contributed by atoms with E-state index in [0.29, 0.717) is 5.75 Å². The van der Waals surface area contributed by atoms with Crippen molar-refractivity contribution in [3.8, 4) is 5.75 Å². The number of aryl methyl sites for hydroxylation is 1. The normalized spacial score (nSPS) is 10.3. The van der Waals surface area contributed by atoms with Crippen LogP contribution < -0.4 is 0 Å². The molecule has 1 aromatic carbocycles. The Morgan fingerprint density at radius 3 is 2.00 bits per heavy atom. The number of phenols is 1. The van der Waals surface area contributed by atoms with Crippen molar-refractivity contribution in [3.63, 3.8) is 0 Å². The molecule has 2 N–H and O–H groups in total. The summed E-state index contributed by atoms with van der Waals surface area (Å²) in [4.78, 5) is 9.60. The first-order valence-electron chi connectivity index (χ1n) is 5.74. The SMILES string of the molecule is C=C(C)C(=O)O.Cc1ccc(C(C)(C)C)cc1O. The summed E-state index contributed by atoms with van der Waals surface area (Å²) in [5, 5.41) is 17.4. The number of carboxylic acid groups (broad SMARTS) is 1. The number of rotatable bonds is 1. The molecule has 0 spiro atoms. The highest BCUT2D eigenvalue weighted by Gasteiger charge is 2.14. The first-order chi connectivity index (χ1) is 8.05. The summed E-state index contributed by atoms with van der Waals surface area (Å²) in [7, 11) is 0. The van der Waals surface area contributed by atoms with E-state index in [-0.39, 0.29) is 11.0 Å². The van der Waals surface area contributed by atoms with E-state index < -0.39 is 5.97 Å². The van der Waals surface area contributed by atoms with Crippen molar-refractivity contribution < 1.29 is 15.0 Å². The minimum absolute atomic E-state index is 0.116. The Morgan fingerprint density at radius 2 is 1.72 bits per heavy atom. The average Bonchev–Trinajstić information content (AvgIpc) is 2.21. The van der Waals surface area contributed by atoms with Gasteiger partial charge in [-0.3, -0.25) is 0 Å². The van der Waals surface area contributed by atoms with E-state index >= 15 is 0 Å². The number of aliphatic carboxylic acids is 1. The van der Waals surface area contributed by atoms with Gasteiger partial charge in [0, 0.05) is 5.57 Å². The number of carboxylic acids is 1. The van der Waals surface area contributed by atoms with E-state index in [9.17, 15) is 9.90 Å². The van der Waals surface area contributed by atoms with Crippen LogP contribution in [0.2, 0.25) is 0 Å². The molecule has 0 unspecified atom stereocenters. The molecule has 0 bridgehead atoms. The molecule has 3 nitrogen and oxygen atoms in total. The molecule has 0 saturated carbocycles. The van der Waals surface area contributed by atoms with Crippen LogP contribution in [-0.4, -0.2) is 16.2 Å². The maximum atomic E-state index is 9.60. The van der Waals surface area contributed by atoms with E-state index in [0.717, 1.165) is 5.56 Å². The molecule has 0 aliphatic heterocycles. The number of hydrogen-bond donors (Lipinski definition) is 2. The second-order valence-electron chi connectivity index (χ2n) is 5.34. The summed E-state index contributed by atoms with van der Waals surface area (Å²) in [6.45, 7) is 12.9. The van der Waals surface area contributed by atoms with Crippen molar-refractivity contribution in [1.29, 1.82) is 0 Å². The van der Waals surface area contributed by atoms with Gasteiger partial charge < -0.3 is 10.2 Å². The number of aromatic hydroxyl groups is 1. The third-order valence-electron chi connectivity index (χ3n) is 2.44. The molecular formula is C15H22O3. The maximum Gasteiger partial charge on any atom is 0.330 e. The summed E-state index contributed by atoms with van der Waals surface area (Å²) in [6.07, 6.45) is 0. The van der Waals surface area contributed by atoms with Gasteiger partial charge in [0.1, 0.15) is 5.75 Å². The summed E-state index contributed by atoms with van der Waals surface area (Å²) < 4.78 is 0. The van der Waals surface area contributed by atoms with E-state index in [1.165, 1.54) is 12.5 Å². The summed E-state index contributed by atoms with van der Waals surface area (Å²) >= 11 is 0. The molecule has 0 aromatic heterocycles. The molecule has 18 heavy (non-hydrogen) atoms. The van der Waals surface area contributed by atoms with Gasteiger partial charge in [-0.1, -0.05) is 39.5 Å². The van der Waals surface area contributed by atoms with Crippen LogP contribution in [0.25, 0.3) is 0 Å². The van der Waals surface area contributed by atoms with Gasteiger partial charge in [-0.25, -0.2) is 4.79 Å². The Bertz CT molecular complexity index is 428. The lowest BCUT2D eigenvalue weighted by Crippen LogP contribution is -2.10. The highest BCUT2D eigenvalue weighted by Crippen LogP contribution is 2.27. The molecule has 0 amide bonds. The molecule has 0 atom stereocenters. The molecule has 100 valence electrons. The molecule has 1 rings (SSSR count). The minimum Gasteiger partial charge on any atom is -0.508 e. The van der Waals surface area contributed by atoms with Crippen molar-refractivity contribution in [2.75, 3.05) is 0 Å². The monoisotopic (exact) mass is 250 g/mol. The molecule has 0 aliphatic rings. The minimum atomic E-state index is -0.935. The Labute approximate surface area is 109 Å². The highest BCUT2D eigenvalue weighted by atomic mass is 16.4. The van der Waals surface area contributed by atoms with Gasteiger partial charge in [-0.15, -0.1) is 0 Å². The van der Waals surface area contributed by atoms with Crippen molar-refractivity contribution in [2.24, 2.45) is 0 Å². The van der Waals surface area contributed by atoms with Crippen molar-refractivity contribution in [3.05, 3.63) is 41.5 Å². The maximum absolute atomic E-state index is 9.60. The quantitative estimate of drug-likeness (QED) is 0.748. The molecular weight excluding hydrogens is 228 g/mol. The zero-order valence-corrected chi connectivity index (χ0v) is 11.7. The van der Waals surface area contributed by atoms with Crippen LogP contribution in [-0.2, 0) is 10.2 Å². The zero-order valence-electron chi connectivity index (χ0n) is 11.7. The van der Waals surface area contributed by atoms with Gasteiger partial charge in [0.05, 0.1) is 0 Å². The summed E-state index contributed by atoms with van der Waals surface area (Å²) in [5.74, 6) is -0.544. The van der Waals surface area contributed by atoms with E-state index in [4.69, 9.17) is 5.11 Å². The lowest BCUT2D eigenvalue weighted by Gasteiger charge is -2.19. The standard InChI is InChI=1S/C11H16O.C4H6O2/c1-8-5-6-9(7-10(8)12)11(2,3)4;1-3(2)4(5)6/h5-7,12H,1-4H3;1H2,2H3,(H,5,6). The van der Waals surface area contributed by atoms with Gasteiger partial charge in [0.25, 0.3) is 0 Å². The lowest BCUT2D eigenvalue weighted by molar-refractivity contribution is -0.132. The van der Waals surface area contributed by atoms with Gasteiger partial charge >= 0.3 is 5.97 Å². The van der Waals surface area contributed by atoms with Crippen LogP contribution in [0.5, 0.6) is 5.75 Å². The summed E-state index contributed by atoms with van der Waals surface area (Å²) in [5.41, 5.74) is 2.40. The van der Waals surface area contributed by atoms with Gasteiger partial charge in [-0.2, -0.15) is 0 Å². The highest BCUT2D eigenvalue weighted by molar-refractivity contribution is 5.84. The molecule has 0 saturated heterocycles. The fourth-order valence-electron chi connectivity index (χ4n) is 1.08. The molecule has 0 radical (unpaired) electrons. The molecule has 1 aromatic rings. The largest absolute Gasteiger partial charge is 0.508 e. The van der Waals surface area contributed by atoms with Gasteiger partial charge in [-0.05, 0) is 36.5 Å². The smallest absolute Gasteiger partial charge is 0.330 e. The fourth-order valence-corrected chi connectivity index (χ4v) is 1.08. The van der Waals surface area contributed by atoms with Crippen LogP contribution >= 0.6 is 0 Å². The topological polar surface area (TPSA) is 57.5 Å². The summed E-state index contributed by atoms with van der Waals surface area (Å²) in [6, 6.07) is 5.86.